The molecule has 3 aromatic rings. The van der Waals surface area contributed by atoms with Gasteiger partial charge in [-0.05, 0) is 71.1 Å². The largest absolute Gasteiger partial charge is 0.505 e. The Kier molecular flexibility index (Phi) is 7.36. The van der Waals surface area contributed by atoms with Gasteiger partial charge in [0, 0.05) is 9.65 Å². The van der Waals surface area contributed by atoms with Gasteiger partial charge < -0.3 is 24.3 Å². The van der Waals surface area contributed by atoms with Crippen molar-refractivity contribution in [3.63, 3.8) is 0 Å². The third-order valence-electron chi connectivity index (χ3n) is 6.99. The molecule has 0 spiro atoms. The molecule has 0 saturated carbocycles. The van der Waals surface area contributed by atoms with Gasteiger partial charge in [0.25, 0.3) is 0 Å². The summed E-state index contributed by atoms with van der Waals surface area (Å²) in [7, 11) is -0.355. The highest BCUT2D eigenvalue weighted by Gasteiger charge is 2.52. The summed E-state index contributed by atoms with van der Waals surface area (Å²) in [5, 5.41) is 2.99. The van der Waals surface area contributed by atoms with Crippen LogP contribution in [0, 0.1) is 5.41 Å². The smallest absolute Gasteiger partial charge is 0.444 e. The van der Waals surface area contributed by atoms with Gasteiger partial charge in [-0.25, -0.2) is 9.78 Å². The second-order valence-electron chi connectivity index (χ2n) is 13.0. The summed E-state index contributed by atoms with van der Waals surface area (Å²) in [5.41, 5.74) is 1.46. The molecule has 204 valence electrons. The Labute approximate surface area is 230 Å². The first-order valence-electron chi connectivity index (χ1n) is 13.1. The molecule has 0 radical (unpaired) electrons. The van der Waals surface area contributed by atoms with Gasteiger partial charge in [-0.15, -0.1) is 11.3 Å². The van der Waals surface area contributed by atoms with Gasteiger partial charge in [0.15, 0.2) is 0 Å². The van der Waals surface area contributed by atoms with Crippen LogP contribution in [0.5, 0.6) is 0 Å². The zero-order chi connectivity index (χ0) is 28.1. The molecule has 0 bridgehead atoms. The number of carbonyl (C=O) groups excluding carboxylic acids is 1. The number of alkyl carbamates (subject to hydrolysis) is 1. The Morgan fingerprint density at radius 1 is 0.974 bits per heavy atom. The summed E-state index contributed by atoms with van der Waals surface area (Å²) in [6.45, 7) is 20.0. The van der Waals surface area contributed by atoms with E-state index in [1.54, 1.807) is 17.5 Å². The van der Waals surface area contributed by atoms with Gasteiger partial charge in [0.2, 0.25) is 0 Å². The molecular formula is C29H40BN3O4S. The lowest BCUT2D eigenvalue weighted by atomic mass is 9.86. The number of nitrogens with one attached hydrogen (secondary N) is 2. The number of ether oxygens (including phenoxy) is 1. The molecule has 2 aromatic heterocycles. The van der Waals surface area contributed by atoms with Crippen LogP contribution in [0.4, 0.5) is 4.79 Å². The third-order valence-corrected chi connectivity index (χ3v) is 8.14. The lowest BCUT2D eigenvalue weighted by molar-refractivity contribution is 0.00578. The number of amides is 1. The van der Waals surface area contributed by atoms with Crippen LogP contribution in [0.25, 0.3) is 21.7 Å². The molecule has 1 amide bonds. The molecule has 7 nitrogen and oxygen atoms in total. The van der Waals surface area contributed by atoms with Crippen molar-refractivity contribution in [1.29, 1.82) is 0 Å². The number of hydrogen-bond donors (Lipinski definition) is 2. The average Bonchev–Trinajstić information content (AvgIpc) is 3.49. The molecule has 9 heteroatoms. The second kappa shape index (κ2) is 9.85. The van der Waals surface area contributed by atoms with E-state index in [0.29, 0.717) is 5.82 Å². The molecular weight excluding hydrogens is 497 g/mol. The summed E-state index contributed by atoms with van der Waals surface area (Å²) in [4.78, 5) is 21.7. The molecule has 1 aliphatic heterocycles. The Bertz CT molecular complexity index is 1270. The first-order chi connectivity index (χ1) is 17.5. The second-order valence-corrected chi connectivity index (χ2v) is 14.1. The van der Waals surface area contributed by atoms with Crippen molar-refractivity contribution in [2.45, 2.75) is 92.1 Å². The number of thiophene rings is 1. The maximum absolute atomic E-state index is 12.5. The van der Waals surface area contributed by atoms with Crippen LogP contribution in [0.3, 0.4) is 0 Å². The van der Waals surface area contributed by atoms with E-state index in [2.05, 4.69) is 100 Å². The molecule has 3 heterocycles. The van der Waals surface area contributed by atoms with E-state index in [1.165, 1.54) is 0 Å². The number of benzene rings is 1. The van der Waals surface area contributed by atoms with Gasteiger partial charge >= 0.3 is 13.2 Å². The van der Waals surface area contributed by atoms with E-state index in [4.69, 9.17) is 14.0 Å². The molecule has 0 aliphatic carbocycles. The van der Waals surface area contributed by atoms with Crippen LogP contribution in [-0.4, -0.2) is 40.0 Å². The molecule has 1 unspecified atom stereocenters. The standard InChI is InChI=1S/C29H40BN3O4S/c1-26(2,3)23(33-25(34)35-27(4,5)6)24-31-17-20(32-24)18-11-13-19(14-12-18)21-15-16-22(38-21)30-36-28(7,8)29(9,10)37-30/h11-17,23H,1-10H3,(H,31,32)(H,33,34). The number of rotatable bonds is 5. The zero-order valence-corrected chi connectivity index (χ0v) is 25.0. The minimum atomic E-state index is -0.573. The Hall–Kier alpha value is -2.62. The van der Waals surface area contributed by atoms with Crippen molar-refractivity contribution >= 4 is 29.3 Å². The highest BCUT2D eigenvalue weighted by Crippen LogP contribution is 2.38. The van der Waals surface area contributed by atoms with Crippen molar-refractivity contribution in [1.82, 2.24) is 15.3 Å². The Morgan fingerprint density at radius 3 is 2.11 bits per heavy atom. The Morgan fingerprint density at radius 2 is 1.55 bits per heavy atom. The normalized spacial score (nSPS) is 17.9. The van der Waals surface area contributed by atoms with Gasteiger partial charge in [-0.3, -0.25) is 0 Å². The van der Waals surface area contributed by atoms with Crippen molar-refractivity contribution < 1.29 is 18.8 Å². The molecule has 38 heavy (non-hydrogen) atoms. The predicted octanol–water partition coefficient (Wildman–Crippen LogP) is 6.72. The molecule has 1 aliphatic rings. The molecule has 2 N–H and O–H groups in total. The van der Waals surface area contributed by atoms with E-state index < -0.39 is 11.7 Å². The predicted molar refractivity (Wildman–Crippen MR) is 155 cm³/mol. The molecule has 1 fully saturated rings. The van der Waals surface area contributed by atoms with Crippen LogP contribution in [0.2, 0.25) is 0 Å². The number of aromatic nitrogens is 2. The van der Waals surface area contributed by atoms with Crippen molar-refractivity contribution in [2.75, 3.05) is 0 Å². The number of nitrogens with zero attached hydrogens (tertiary/aromatic N) is 1. The fourth-order valence-corrected chi connectivity index (χ4v) is 5.13. The summed E-state index contributed by atoms with van der Waals surface area (Å²) in [5.74, 6) is 0.688. The van der Waals surface area contributed by atoms with Crippen molar-refractivity contribution in [3.05, 3.63) is 48.4 Å². The monoisotopic (exact) mass is 537 g/mol. The van der Waals surface area contributed by atoms with Crippen LogP contribution in [0.15, 0.2) is 42.6 Å². The number of hydrogen-bond acceptors (Lipinski definition) is 6. The minimum absolute atomic E-state index is 0.274. The summed E-state index contributed by atoms with van der Waals surface area (Å²) >= 11 is 1.68. The lowest BCUT2D eigenvalue weighted by Crippen LogP contribution is -2.41. The fraction of sp³-hybridized carbons (Fsp3) is 0.517. The van der Waals surface area contributed by atoms with Crippen LogP contribution in [-0.2, 0) is 14.0 Å². The zero-order valence-electron chi connectivity index (χ0n) is 24.2. The number of carbonyl (C=O) groups is 1. The summed E-state index contributed by atoms with van der Waals surface area (Å²) < 4.78 is 19.0. The van der Waals surface area contributed by atoms with E-state index in [1.807, 2.05) is 20.8 Å². The van der Waals surface area contributed by atoms with E-state index in [-0.39, 0.29) is 29.8 Å². The first kappa shape index (κ1) is 28.4. The van der Waals surface area contributed by atoms with Gasteiger partial charge in [0.1, 0.15) is 11.4 Å². The molecule has 1 aromatic carbocycles. The molecule has 1 saturated heterocycles. The fourth-order valence-electron chi connectivity index (χ4n) is 4.16. The quantitative estimate of drug-likeness (QED) is 0.353. The van der Waals surface area contributed by atoms with Gasteiger partial charge in [-0.1, -0.05) is 51.1 Å². The van der Waals surface area contributed by atoms with Gasteiger partial charge in [-0.2, -0.15) is 0 Å². The maximum Gasteiger partial charge on any atom is 0.505 e. The van der Waals surface area contributed by atoms with Crippen molar-refractivity contribution in [3.8, 4) is 21.7 Å². The third kappa shape index (κ3) is 6.16. The maximum atomic E-state index is 12.5. The SMILES string of the molecule is CC(C)(C)OC(=O)NC(c1ncc(-c2ccc(-c3ccc(B4OC(C)(C)C(C)(C)O4)s3)cc2)[nH]1)C(C)(C)C. The topological polar surface area (TPSA) is 85.5 Å². The minimum Gasteiger partial charge on any atom is -0.444 e. The van der Waals surface area contributed by atoms with Crippen LogP contribution < -0.4 is 10.1 Å². The molecule has 4 rings (SSSR count). The highest BCUT2D eigenvalue weighted by atomic mass is 32.1. The van der Waals surface area contributed by atoms with Crippen LogP contribution >= 0.6 is 11.3 Å². The van der Waals surface area contributed by atoms with E-state index in [0.717, 1.165) is 26.5 Å². The van der Waals surface area contributed by atoms with E-state index in [9.17, 15) is 4.79 Å². The number of aromatic amines is 1. The first-order valence-corrected chi connectivity index (χ1v) is 13.9. The summed E-state index contributed by atoms with van der Waals surface area (Å²) in [6, 6.07) is 12.2. The summed E-state index contributed by atoms with van der Waals surface area (Å²) in [6.07, 6.45) is 1.34. The van der Waals surface area contributed by atoms with Gasteiger partial charge in [0.05, 0.1) is 29.1 Å². The lowest BCUT2D eigenvalue weighted by Gasteiger charge is -2.32. The number of H-pyrrole nitrogens is 1. The van der Waals surface area contributed by atoms with Crippen molar-refractivity contribution in [2.24, 2.45) is 5.41 Å². The number of imidazole rings is 1. The molecule has 1 atom stereocenters. The van der Waals surface area contributed by atoms with E-state index >= 15 is 0 Å². The highest BCUT2D eigenvalue weighted by molar-refractivity contribution is 7.25. The Balaban J connectivity index is 1.49. The van der Waals surface area contributed by atoms with Crippen LogP contribution in [0.1, 0.15) is 81.1 Å². The average molecular weight is 538 g/mol.